The standard InChI is InChI=1S/C12H13N5O2/c1-2-9-10(11(13)16-12(14)15-9)7-4-3-5-8(6-7)17(18)19/h3-6H,2H2,1H3,(H4,13,14,15,16). The molecule has 0 unspecified atom stereocenters. The number of nitrogens with zero attached hydrogens (tertiary/aromatic N) is 3. The highest BCUT2D eigenvalue weighted by atomic mass is 16.6. The van der Waals surface area contributed by atoms with Crippen LogP contribution in [0.4, 0.5) is 17.5 Å². The van der Waals surface area contributed by atoms with Crippen molar-refractivity contribution < 1.29 is 4.92 Å². The average molecular weight is 259 g/mol. The molecule has 0 saturated heterocycles. The van der Waals surface area contributed by atoms with Crippen molar-refractivity contribution in [2.75, 3.05) is 11.5 Å². The van der Waals surface area contributed by atoms with Gasteiger partial charge in [0, 0.05) is 17.7 Å². The average Bonchev–Trinajstić information content (AvgIpc) is 2.37. The first kappa shape index (κ1) is 12.7. The molecule has 4 N–H and O–H groups in total. The predicted octanol–water partition coefficient (Wildman–Crippen LogP) is 1.78. The van der Waals surface area contributed by atoms with Crippen LogP contribution < -0.4 is 11.5 Å². The lowest BCUT2D eigenvalue weighted by molar-refractivity contribution is -0.384. The largest absolute Gasteiger partial charge is 0.383 e. The number of hydrogen-bond acceptors (Lipinski definition) is 6. The second-order valence-electron chi connectivity index (χ2n) is 3.95. The molecule has 19 heavy (non-hydrogen) atoms. The summed E-state index contributed by atoms with van der Waals surface area (Å²) in [6.45, 7) is 1.90. The Labute approximate surface area is 109 Å². The summed E-state index contributed by atoms with van der Waals surface area (Å²) in [7, 11) is 0. The van der Waals surface area contributed by atoms with Crippen molar-refractivity contribution in [2.45, 2.75) is 13.3 Å². The Kier molecular flexibility index (Phi) is 3.28. The van der Waals surface area contributed by atoms with Crippen molar-refractivity contribution in [1.29, 1.82) is 0 Å². The van der Waals surface area contributed by atoms with E-state index in [4.69, 9.17) is 11.5 Å². The van der Waals surface area contributed by atoms with Gasteiger partial charge in [-0.3, -0.25) is 10.1 Å². The molecule has 1 heterocycles. The number of benzene rings is 1. The Hall–Kier alpha value is -2.70. The minimum atomic E-state index is -0.455. The summed E-state index contributed by atoms with van der Waals surface area (Å²) >= 11 is 0. The summed E-state index contributed by atoms with van der Waals surface area (Å²) in [5, 5.41) is 10.8. The number of nitrogens with two attached hydrogens (primary N) is 2. The van der Waals surface area contributed by atoms with Crippen molar-refractivity contribution in [3.8, 4) is 11.1 Å². The van der Waals surface area contributed by atoms with E-state index in [2.05, 4.69) is 9.97 Å². The number of aryl methyl sites for hydroxylation is 1. The van der Waals surface area contributed by atoms with Crippen LogP contribution in [0.3, 0.4) is 0 Å². The fourth-order valence-corrected chi connectivity index (χ4v) is 1.89. The Morgan fingerprint density at radius 3 is 2.68 bits per heavy atom. The normalized spacial score (nSPS) is 10.4. The lowest BCUT2D eigenvalue weighted by Gasteiger charge is -2.10. The summed E-state index contributed by atoms with van der Waals surface area (Å²) in [5.41, 5.74) is 13.3. The molecule has 0 aliphatic carbocycles. The van der Waals surface area contributed by atoms with Gasteiger partial charge in [-0.1, -0.05) is 19.1 Å². The van der Waals surface area contributed by atoms with E-state index in [-0.39, 0.29) is 17.5 Å². The molecule has 1 aromatic heterocycles. The van der Waals surface area contributed by atoms with Gasteiger partial charge in [-0.25, -0.2) is 4.98 Å². The highest BCUT2D eigenvalue weighted by molar-refractivity contribution is 5.78. The van der Waals surface area contributed by atoms with Gasteiger partial charge in [0.15, 0.2) is 0 Å². The van der Waals surface area contributed by atoms with Gasteiger partial charge in [0.2, 0.25) is 5.95 Å². The molecule has 0 amide bonds. The number of nitro groups is 1. The zero-order chi connectivity index (χ0) is 14.0. The molecule has 0 aliphatic heterocycles. The molecule has 0 saturated carbocycles. The lowest BCUT2D eigenvalue weighted by Crippen LogP contribution is -2.06. The molecule has 0 aliphatic rings. The van der Waals surface area contributed by atoms with Crippen molar-refractivity contribution in [1.82, 2.24) is 9.97 Å². The molecular formula is C12H13N5O2. The van der Waals surface area contributed by atoms with Crippen LogP contribution in [0.2, 0.25) is 0 Å². The van der Waals surface area contributed by atoms with Crippen LogP contribution in [0.1, 0.15) is 12.6 Å². The third-order valence-electron chi connectivity index (χ3n) is 2.71. The molecule has 7 heteroatoms. The molecule has 1 aromatic carbocycles. The number of aromatic nitrogens is 2. The molecule has 0 atom stereocenters. The number of nitro benzene ring substituents is 1. The van der Waals surface area contributed by atoms with Crippen molar-refractivity contribution in [3.63, 3.8) is 0 Å². The molecule has 2 rings (SSSR count). The van der Waals surface area contributed by atoms with E-state index in [0.717, 1.165) is 0 Å². The van der Waals surface area contributed by atoms with Crippen LogP contribution in [0.25, 0.3) is 11.1 Å². The van der Waals surface area contributed by atoms with E-state index in [9.17, 15) is 10.1 Å². The third-order valence-corrected chi connectivity index (χ3v) is 2.71. The number of non-ortho nitro benzene ring substituents is 1. The second kappa shape index (κ2) is 4.89. The molecule has 0 spiro atoms. The second-order valence-corrected chi connectivity index (χ2v) is 3.95. The van der Waals surface area contributed by atoms with E-state index in [1.54, 1.807) is 12.1 Å². The van der Waals surface area contributed by atoms with Crippen molar-refractivity contribution in [3.05, 3.63) is 40.1 Å². The third kappa shape index (κ3) is 2.44. The van der Waals surface area contributed by atoms with Gasteiger partial charge in [0.05, 0.1) is 10.6 Å². The minimum absolute atomic E-state index is 0.00391. The summed E-state index contributed by atoms with van der Waals surface area (Å²) in [4.78, 5) is 18.4. The number of anilines is 2. The first-order chi connectivity index (χ1) is 9.02. The van der Waals surface area contributed by atoms with E-state index >= 15 is 0 Å². The van der Waals surface area contributed by atoms with Gasteiger partial charge in [0.1, 0.15) is 5.82 Å². The fourth-order valence-electron chi connectivity index (χ4n) is 1.89. The van der Waals surface area contributed by atoms with Gasteiger partial charge in [-0.05, 0) is 12.0 Å². The maximum atomic E-state index is 10.8. The van der Waals surface area contributed by atoms with E-state index in [0.29, 0.717) is 23.2 Å². The first-order valence-electron chi connectivity index (χ1n) is 5.69. The molecule has 0 bridgehead atoms. The Bertz CT molecular complexity index is 642. The van der Waals surface area contributed by atoms with Crippen LogP contribution in [0.15, 0.2) is 24.3 Å². The number of rotatable bonds is 3. The molecule has 98 valence electrons. The SMILES string of the molecule is CCc1nc(N)nc(N)c1-c1cccc([N+](=O)[O-])c1. The van der Waals surface area contributed by atoms with Gasteiger partial charge in [0.25, 0.3) is 5.69 Å². The van der Waals surface area contributed by atoms with E-state index in [1.165, 1.54) is 12.1 Å². The summed E-state index contributed by atoms with van der Waals surface area (Å²) < 4.78 is 0. The zero-order valence-electron chi connectivity index (χ0n) is 10.3. The van der Waals surface area contributed by atoms with Crippen LogP contribution in [0, 0.1) is 10.1 Å². The van der Waals surface area contributed by atoms with Crippen molar-refractivity contribution in [2.24, 2.45) is 0 Å². The summed E-state index contributed by atoms with van der Waals surface area (Å²) in [6, 6.07) is 6.20. The summed E-state index contributed by atoms with van der Waals surface area (Å²) in [5.74, 6) is 0.327. The van der Waals surface area contributed by atoms with Crippen LogP contribution >= 0.6 is 0 Å². The van der Waals surface area contributed by atoms with Gasteiger partial charge in [-0.2, -0.15) is 4.98 Å². The number of hydrogen-bond donors (Lipinski definition) is 2. The van der Waals surface area contributed by atoms with Gasteiger partial charge >= 0.3 is 0 Å². The minimum Gasteiger partial charge on any atom is -0.383 e. The molecule has 0 radical (unpaired) electrons. The maximum Gasteiger partial charge on any atom is 0.270 e. The maximum absolute atomic E-state index is 10.8. The highest BCUT2D eigenvalue weighted by Crippen LogP contribution is 2.30. The Balaban J connectivity index is 2.64. The smallest absolute Gasteiger partial charge is 0.270 e. The van der Waals surface area contributed by atoms with E-state index < -0.39 is 4.92 Å². The zero-order valence-corrected chi connectivity index (χ0v) is 10.3. The first-order valence-corrected chi connectivity index (χ1v) is 5.69. The van der Waals surface area contributed by atoms with Crippen LogP contribution in [-0.2, 0) is 6.42 Å². The highest BCUT2D eigenvalue weighted by Gasteiger charge is 2.15. The monoisotopic (exact) mass is 259 g/mol. The lowest BCUT2D eigenvalue weighted by atomic mass is 10.0. The molecular weight excluding hydrogens is 246 g/mol. The topological polar surface area (TPSA) is 121 Å². The molecule has 2 aromatic rings. The van der Waals surface area contributed by atoms with Gasteiger partial charge < -0.3 is 11.5 Å². The Morgan fingerprint density at radius 2 is 2.05 bits per heavy atom. The van der Waals surface area contributed by atoms with Crippen molar-refractivity contribution >= 4 is 17.5 Å². The fraction of sp³-hybridized carbons (Fsp3) is 0.167. The molecule has 7 nitrogen and oxygen atoms in total. The number of nitrogen functional groups attached to an aromatic ring is 2. The van der Waals surface area contributed by atoms with E-state index in [1.807, 2.05) is 6.92 Å². The quantitative estimate of drug-likeness (QED) is 0.640. The van der Waals surface area contributed by atoms with Crippen LogP contribution in [0.5, 0.6) is 0 Å². The summed E-state index contributed by atoms with van der Waals surface area (Å²) in [6.07, 6.45) is 0.606. The van der Waals surface area contributed by atoms with Crippen LogP contribution in [-0.4, -0.2) is 14.9 Å². The predicted molar refractivity (Wildman–Crippen MR) is 72.3 cm³/mol. The molecule has 0 fully saturated rings. The Morgan fingerprint density at radius 1 is 1.32 bits per heavy atom. The van der Waals surface area contributed by atoms with Gasteiger partial charge in [-0.15, -0.1) is 0 Å².